The van der Waals surface area contributed by atoms with E-state index >= 15 is 0 Å². The van der Waals surface area contributed by atoms with Crippen LogP contribution in [0.15, 0.2) is 104 Å². The molecule has 0 atom stereocenters. The number of aromatic nitrogens is 2. The number of ether oxygens (including phenoxy) is 1. The summed E-state index contributed by atoms with van der Waals surface area (Å²) in [7, 11) is 1.70. The molecule has 6 aromatic rings. The van der Waals surface area contributed by atoms with Crippen molar-refractivity contribution >= 4 is 32.4 Å². The first-order valence-electron chi connectivity index (χ1n) is 10.6. The zero-order valence-corrected chi connectivity index (χ0v) is 17.6. The molecule has 2 heterocycles. The summed E-state index contributed by atoms with van der Waals surface area (Å²) in [6, 6.07) is 29.7. The lowest BCUT2D eigenvalue weighted by Gasteiger charge is -2.18. The van der Waals surface area contributed by atoms with Crippen LogP contribution in [0.4, 0.5) is 0 Å². The van der Waals surface area contributed by atoms with Crippen LogP contribution in [-0.4, -0.2) is 17.1 Å². The lowest BCUT2D eigenvalue weighted by Crippen LogP contribution is -1.92. The highest BCUT2D eigenvalue weighted by Gasteiger charge is 2.16. The molecule has 0 saturated carbocycles. The summed E-state index contributed by atoms with van der Waals surface area (Å²) in [6.45, 7) is 0. The number of hydrogen-bond acceptors (Lipinski definition) is 3. The Balaban J connectivity index is 1.73. The molecule has 0 amide bonds. The molecule has 0 saturated heterocycles. The van der Waals surface area contributed by atoms with Crippen molar-refractivity contribution in [3.05, 3.63) is 104 Å². The Bertz CT molecular complexity index is 1550. The molecule has 3 nitrogen and oxygen atoms in total. The van der Waals surface area contributed by atoms with E-state index in [-0.39, 0.29) is 0 Å². The monoisotopic (exact) mass is 412 g/mol. The van der Waals surface area contributed by atoms with Gasteiger partial charge in [0, 0.05) is 29.5 Å². The maximum absolute atomic E-state index is 5.38. The molecule has 0 spiro atoms. The molecule has 0 aliphatic carbocycles. The van der Waals surface area contributed by atoms with Gasteiger partial charge in [0.1, 0.15) is 5.75 Å². The summed E-state index contributed by atoms with van der Waals surface area (Å²) in [5.74, 6) is 0.856. The third-order valence-corrected chi connectivity index (χ3v) is 6.08. The number of methoxy groups -OCH3 is 1. The van der Waals surface area contributed by atoms with Crippen LogP contribution in [-0.2, 0) is 0 Å². The van der Waals surface area contributed by atoms with Crippen LogP contribution in [0.5, 0.6) is 5.75 Å². The molecule has 0 aliphatic heterocycles. The van der Waals surface area contributed by atoms with Crippen molar-refractivity contribution in [3.8, 4) is 28.0 Å². The van der Waals surface area contributed by atoms with Crippen LogP contribution < -0.4 is 4.74 Å². The average molecular weight is 412 g/mol. The van der Waals surface area contributed by atoms with Crippen molar-refractivity contribution in [2.45, 2.75) is 0 Å². The van der Waals surface area contributed by atoms with E-state index in [1.54, 1.807) is 13.3 Å². The van der Waals surface area contributed by atoms with Gasteiger partial charge in [0.2, 0.25) is 0 Å². The Labute approximate surface area is 186 Å². The fourth-order valence-electron chi connectivity index (χ4n) is 4.62. The molecular weight excluding hydrogens is 392 g/mol. The third-order valence-electron chi connectivity index (χ3n) is 6.08. The number of benzene rings is 4. The Hall–Kier alpha value is -4.24. The number of pyridine rings is 2. The molecule has 152 valence electrons. The highest BCUT2D eigenvalue weighted by Crippen LogP contribution is 2.43. The van der Waals surface area contributed by atoms with E-state index in [0.717, 1.165) is 22.2 Å². The van der Waals surface area contributed by atoms with Gasteiger partial charge in [0.25, 0.3) is 0 Å². The smallest absolute Gasteiger partial charge is 0.118 e. The van der Waals surface area contributed by atoms with Crippen LogP contribution in [0.25, 0.3) is 54.7 Å². The zero-order chi connectivity index (χ0) is 21.5. The van der Waals surface area contributed by atoms with Gasteiger partial charge < -0.3 is 4.74 Å². The van der Waals surface area contributed by atoms with Crippen LogP contribution in [0, 0.1) is 0 Å². The van der Waals surface area contributed by atoms with Crippen LogP contribution in [0.2, 0.25) is 0 Å². The van der Waals surface area contributed by atoms with E-state index in [0.29, 0.717) is 0 Å². The van der Waals surface area contributed by atoms with Gasteiger partial charge in [-0.15, -0.1) is 0 Å². The van der Waals surface area contributed by atoms with E-state index in [4.69, 9.17) is 9.72 Å². The molecule has 6 rings (SSSR count). The highest BCUT2D eigenvalue weighted by molar-refractivity contribution is 6.21. The molecule has 0 bridgehead atoms. The van der Waals surface area contributed by atoms with E-state index in [1.807, 2.05) is 30.6 Å². The van der Waals surface area contributed by atoms with E-state index in [1.165, 1.54) is 38.2 Å². The predicted octanol–water partition coefficient (Wildman–Crippen LogP) is 7.28. The number of nitrogens with zero attached hydrogens (tertiary/aromatic N) is 2. The second kappa shape index (κ2) is 7.47. The number of rotatable bonds is 3. The van der Waals surface area contributed by atoms with Crippen LogP contribution in [0.3, 0.4) is 0 Å². The Morgan fingerprint density at radius 2 is 1.22 bits per heavy atom. The SMILES string of the molecule is COc1ccc(-c2c3ccccc3c(-c3cnc4ccncc4c3)c3ccccc23)cc1. The lowest BCUT2D eigenvalue weighted by molar-refractivity contribution is 0.415. The van der Waals surface area contributed by atoms with Gasteiger partial charge in [-0.3, -0.25) is 9.97 Å². The van der Waals surface area contributed by atoms with Gasteiger partial charge in [0.15, 0.2) is 0 Å². The van der Waals surface area contributed by atoms with Crippen molar-refractivity contribution in [3.63, 3.8) is 0 Å². The average Bonchev–Trinajstić information content (AvgIpc) is 2.87. The number of fused-ring (bicyclic) bond motifs is 3. The molecule has 0 radical (unpaired) electrons. The molecular formula is C29H20N2O. The summed E-state index contributed by atoms with van der Waals surface area (Å²) in [6.07, 6.45) is 5.63. The quantitative estimate of drug-likeness (QED) is 0.287. The van der Waals surface area contributed by atoms with Crippen molar-refractivity contribution in [2.75, 3.05) is 7.11 Å². The molecule has 4 aromatic carbocycles. The molecule has 0 N–H and O–H groups in total. The lowest BCUT2D eigenvalue weighted by atomic mass is 9.86. The van der Waals surface area contributed by atoms with Crippen LogP contribution in [0.1, 0.15) is 0 Å². The topological polar surface area (TPSA) is 35.0 Å². The minimum Gasteiger partial charge on any atom is -0.497 e. The highest BCUT2D eigenvalue weighted by atomic mass is 16.5. The standard InChI is InChI=1S/C29H20N2O/c1-32-22-12-10-19(11-13-22)28-23-6-2-4-8-25(23)29(26-9-5-3-7-24(26)28)21-16-20-17-30-15-14-27(20)31-18-21/h2-18H,1H3. The first-order chi connectivity index (χ1) is 15.8. The first kappa shape index (κ1) is 18.5. The van der Waals surface area contributed by atoms with Crippen molar-refractivity contribution in [1.29, 1.82) is 0 Å². The molecule has 2 aromatic heterocycles. The maximum atomic E-state index is 5.38. The molecule has 0 fully saturated rings. The maximum Gasteiger partial charge on any atom is 0.118 e. The van der Waals surface area contributed by atoms with Crippen LogP contribution >= 0.6 is 0 Å². The zero-order valence-electron chi connectivity index (χ0n) is 17.6. The van der Waals surface area contributed by atoms with Crippen molar-refractivity contribution in [2.24, 2.45) is 0 Å². The predicted molar refractivity (Wildman–Crippen MR) is 132 cm³/mol. The van der Waals surface area contributed by atoms with Gasteiger partial charge in [-0.1, -0.05) is 60.7 Å². The molecule has 0 aliphatic rings. The molecule has 3 heteroatoms. The summed E-state index contributed by atoms with van der Waals surface area (Å²) < 4.78 is 5.38. The molecule has 32 heavy (non-hydrogen) atoms. The summed E-state index contributed by atoms with van der Waals surface area (Å²) in [4.78, 5) is 9.01. The summed E-state index contributed by atoms with van der Waals surface area (Å²) >= 11 is 0. The second-order valence-electron chi connectivity index (χ2n) is 7.86. The van der Waals surface area contributed by atoms with Gasteiger partial charge in [-0.25, -0.2) is 0 Å². The third kappa shape index (κ3) is 2.90. The Morgan fingerprint density at radius 3 is 1.81 bits per heavy atom. The fourth-order valence-corrected chi connectivity index (χ4v) is 4.62. The minimum atomic E-state index is 0.856. The Kier molecular flexibility index (Phi) is 4.32. The second-order valence-corrected chi connectivity index (χ2v) is 7.86. The Morgan fingerprint density at radius 1 is 0.625 bits per heavy atom. The normalized spacial score (nSPS) is 11.3. The minimum absolute atomic E-state index is 0.856. The van der Waals surface area contributed by atoms with E-state index < -0.39 is 0 Å². The number of hydrogen-bond donors (Lipinski definition) is 0. The fraction of sp³-hybridized carbons (Fsp3) is 0.0345. The van der Waals surface area contributed by atoms with E-state index in [2.05, 4.69) is 71.7 Å². The largest absolute Gasteiger partial charge is 0.497 e. The van der Waals surface area contributed by atoms with Gasteiger partial charge in [0.05, 0.1) is 12.6 Å². The summed E-state index contributed by atoms with van der Waals surface area (Å²) in [5.41, 5.74) is 5.65. The van der Waals surface area contributed by atoms with Gasteiger partial charge in [-0.2, -0.15) is 0 Å². The van der Waals surface area contributed by atoms with E-state index in [9.17, 15) is 0 Å². The van der Waals surface area contributed by atoms with Crippen molar-refractivity contribution < 1.29 is 4.74 Å². The first-order valence-corrected chi connectivity index (χ1v) is 10.6. The molecule has 0 unspecified atom stereocenters. The van der Waals surface area contributed by atoms with Gasteiger partial charge in [-0.05, 0) is 62.5 Å². The van der Waals surface area contributed by atoms with Gasteiger partial charge >= 0.3 is 0 Å². The van der Waals surface area contributed by atoms with Crippen molar-refractivity contribution in [1.82, 2.24) is 9.97 Å². The summed E-state index contributed by atoms with van der Waals surface area (Å²) in [5, 5.41) is 5.90.